The van der Waals surface area contributed by atoms with Gasteiger partial charge in [-0.15, -0.1) is 11.3 Å². The minimum absolute atomic E-state index is 0.173. The van der Waals surface area contributed by atoms with E-state index < -0.39 is 11.9 Å². The number of nitrogens with zero attached hydrogens (tertiary/aromatic N) is 3. The SMILES string of the molecule is CCOC(=O)c1c(NC(=O)c2ccn3cc(C)nc3c2)sc(C(=O)N(CC)CC)c1C. The quantitative estimate of drug-likeness (QED) is 0.560. The Morgan fingerprint density at radius 1 is 1.19 bits per heavy atom. The topological polar surface area (TPSA) is 93.0 Å². The lowest BCUT2D eigenvalue weighted by Crippen LogP contribution is -2.30. The highest BCUT2D eigenvalue weighted by atomic mass is 32.1. The van der Waals surface area contributed by atoms with E-state index in [0.29, 0.717) is 39.7 Å². The molecule has 0 saturated heterocycles. The summed E-state index contributed by atoms with van der Waals surface area (Å²) in [5, 5.41) is 3.10. The first-order valence-electron chi connectivity index (χ1n) is 10.2. The average Bonchev–Trinajstić information content (AvgIpc) is 3.26. The first-order chi connectivity index (χ1) is 14.8. The molecule has 3 aromatic heterocycles. The first-order valence-corrected chi connectivity index (χ1v) is 11.0. The largest absolute Gasteiger partial charge is 0.462 e. The van der Waals surface area contributed by atoms with E-state index in [0.717, 1.165) is 17.0 Å². The molecule has 0 aliphatic carbocycles. The van der Waals surface area contributed by atoms with Crippen LogP contribution in [0.2, 0.25) is 0 Å². The van der Waals surface area contributed by atoms with Gasteiger partial charge in [0.05, 0.1) is 22.7 Å². The van der Waals surface area contributed by atoms with Gasteiger partial charge in [0.25, 0.3) is 11.8 Å². The molecule has 0 saturated carbocycles. The highest BCUT2D eigenvalue weighted by molar-refractivity contribution is 7.18. The fraction of sp³-hybridized carbons (Fsp3) is 0.364. The predicted molar refractivity (Wildman–Crippen MR) is 120 cm³/mol. The lowest BCUT2D eigenvalue weighted by molar-refractivity contribution is 0.0527. The molecule has 31 heavy (non-hydrogen) atoms. The second kappa shape index (κ2) is 9.30. The van der Waals surface area contributed by atoms with Gasteiger partial charge in [-0.3, -0.25) is 9.59 Å². The lowest BCUT2D eigenvalue weighted by Gasteiger charge is -2.18. The lowest BCUT2D eigenvalue weighted by atomic mass is 10.1. The Morgan fingerprint density at radius 3 is 2.55 bits per heavy atom. The normalized spacial score (nSPS) is 10.9. The van der Waals surface area contributed by atoms with Crippen LogP contribution in [0, 0.1) is 13.8 Å². The third kappa shape index (κ3) is 4.46. The van der Waals surface area contributed by atoms with Crippen LogP contribution in [-0.4, -0.2) is 51.8 Å². The zero-order valence-corrected chi connectivity index (χ0v) is 19.1. The zero-order valence-electron chi connectivity index (χ0n) is 18.3. The van der Waals surface area contributed by atoms with Crippen molar-refractivity contribution in [1.29, 1.82) is 0 Å². The van der Waals surface area contributed by atoms with Crippen molar-refractivity contribution in [3.8, 4) is 0 Å². The standard InChI is InChI=1S/C22H26N4O4S/c1-6-25(7-2)21(28)18-14(5)17(22(29)30-8-3)20(31-18)24-19(27)15-9-10-26-12-13(4)23-16(26)11-15/h9-12H,6-8H2,1-5H3,(H,24,27). The summed E-state index contributed by atoms with van der Waals surface area (Å²) >= 11 is 1.09. The van der Waals surface area contributed by atoms with Crippen LogP contribution >= 0.6 is 11.3 Å². The summed E-state index contributed by atoms with van der Waals surface area (Å²) < 4.78 is 7.01. The van der Waals surface area contributed by atoms with Crippen molar-refractivity contribution in [3.05, 3.63) is 51.8 Å². The second-order valence-electron chi connectivity index (χ2n) is 6.98. The monoisotopic (exact) mass is 442 g/mol. The van der Waals surface area contributed by atoms with Crippen molar-refractivity contribution < 1.29 is 19.1 Å². The molecule has 1 N–H and O–H groups in total. The number of imidazole rings is 1. The third-order valence-electron chi connectivity index (χ3n) is 4.94. The Labute approximate surface area is 184 Å². The van der Waals surface area contributed by atoms with Crippen LogP contribution in [0.3, 0.4) is 0 Å². The van der Waals surface area contributed by atoms with Crippen molar-refractivity contribution in [3.63, 3.8) is 0 Å². The van der Waals surface area contributed by atoms with E-state index in [9.17, 15) is 14.4 Å². The predicted octanol–water partition coefficient (Wildman–Crippen LogP) is 3.92. The summed E-state index contributed by atoms with van der Waals surface area (Å²) in [4.78, 5) is 45.0. The molecule has 3 aromatic rings. The van der Waals surface area contributed by atoms with E-state index in [1.165, 1.54) is 0 Å². The van der Waals surface area contributed by atoms with Gasteiger partial charge in [-0.2, -0.15) is 0 Å². The zero-order chi connectivity index (χ0) is 22.7. The number of ether oxygens (including phenoxy) is 1. The highest BCUT2D eigenvalue weighted by Gasteiger charge is 2.28. The molecular formula is C22H26N4O4S. The van der Waals surface area contributed by atoms with Crippen LogP contribution in [0.4, 0.5) is 5.00 Å². The smallest absolute Gasteiger partial charge is 0.341 e. The minimum Gasteiger partial charge on any atom is -0.462 e. The molecule has 0 aliphatic heterocycles. The maximum Gasteiger partial charge on any atom is 0.341 e. The number of aromatic nitrogens is 2. The fourth-order valence-corrected chi connectivity index (χ4v) is 4.49. The van der Waals surface area contributed by atoms with E-state index in [2.05, 4.69) is 10.3 Å². The number of hydrogen-bond donors (Lipinski definition) is 1. The third-order valence-corrected chi connectivity index (χ3v) is 6.14. The van der Waals surface area contributed by atoms with Crippen LogP contribution in [0.5, 0.6) is 0 Å². The van der Waals surface area contributed by atoms with Crippen molar-refractivity contribution in [2.45, 2.75) is 34.6 Å². The Kier molecular flexibility index (Phi) is 6.74. The summed E-state index contributed by atoms with van der Waals surface area (Å²) in [6.07, 6.45) is 3.62. The summed E-state index contributed by atoms with van der Waals surface area (Å²) in [5.74, 6) is -1.13. The Balaban J connectivity index is 1.99. The number of anilines is 1. The van der Waals surface area contributed by atoms with Crippen molar-refractivity contribution in [2.24, 2.45) is 0 Å². The van der Waals surface area contributed by atoms with Gasteiger partial charge in [-0.1, -0.05) is 0 Å². The van der Waals surface area contributed by atoms with E-state index in [4.69, 9.17) is 4.74 Å². The number of pyridine rings is 1. The minimum atomic E-state index is -0.565. The summed E-state index contributed by atoms with van der Waals surface area (Å²) in [7, 11) is 0. The van der Waals surface area contributed by atoms with Gasteiger partial charge in [0.1, 0.15) is 10.6 Å². The van der Waals surface area contributed by atoms with Crippen LogP contribution in [0.15, 0.2) is 24.5 Å². The number of thiophene rings is 1. The average molecular weight is 443 g/mol. The molecule has 3 rings (SSSR count). The van der Waals surface area contributed by atoms with Crippen LogP contribution in [0.1, 0.15) is 62.4 Å². The number of nitrogens with one attached hydrogen (secondary N) is 1. The molecule has 0 unspecified atom stereocenters. The summed E-state index contributed by atoms with van der Waals surface area (Å²) in [6.45, 7) is 10.4. The number of carbonyl (C=O) groups is 3. The Bertz CT molecular complexity index is 1140. The molecule has 0 bridgehead atoms. The molecule has 8 nitrogen and oxygen atoms in total. The fourth-order valence-electron chi connectivity index (χ4n) is 3.33. The summed E-state index contributed by atoms with van der Waals surface area (Å²) in [5.41, 5.74) is 2.62. The van der Waals surface area contributed by atoms with Crippen molar-refractivity contribution >= 4 is 39.8 Å². The number of fused-ring (bicyclic) bond motifs is 1. The summed E-state index contributed by atoms with van der Waals surface area (Å²) in [6, 6.07) is 3.35. The van der Waals surface area contributed by atoms with Gasteiger partial charge in [-0.25, -0.2) is 9.78 Å². The number of amides is 2. The number of hydrogen-bond acceptors (Lipinski definition) is 6. The van der Waals surface area contributed by atoms with Crippen molar-refractivity contribution in [1.82, 2.24) is 14.3 Å². The number of carbonyl (C=O) groups excluding carboxylic acids is 3. The van der Waals surface area contributed by atoms with Gasteiger partial charge < -0.3 is 19.4 Å². The Morgan fingerprint density at radius 2 is 1.90 bits per heavy atom. The van der Waals surface area contributed by atoms with Crippen LogP contribution in [0.25, 0.3) is 5.65 Å². The van der Waals surface area contributed by atoms with E-state index in [1.54, 1.807) is 37.1 Å². The van der Waals surface area contributed by atoms with E-state index in [-0.39, 0.29) is 18.1 Å². The molecule has 2 amide bonds. The molecule has 0 fully saturated rings. The van der Waals surface area contributed by atoms with Gasteiger partial charge in [-0.05, 0) is 52.3 Å². The second-order valence-corrected chi connectivity index (χ2v) is 8.00. The maximum absolute atomic E-state index is 12.9. The van der Waals surface area contributed by atoms with Crippen molar-refractivity contribution in [2.75, 3.05) is 25.0 Å². The molecule has 9 heteroatoms. The molecule has 0 spiro atoms. The number of esters is 1. The molecular weight excluding hydrogens is 416 g/mol. The van der Waals surface area contributed by atoms with Gasteiger partial charge in [0.2, 0.25) is 0 Å². The number of aryl methyl sites for hydroxylation is 1. The molecule has 164 valence electrons. The molecule has 0 aliphatic rings. The highest BCUT2D eigenvalue weighted by Crippen LogP contribution is 2.35. The number of rotatable bonds is 7. The first kappa shape index (κ1) is 22.5. The molecule has 3 heterocycles. The Hall–Kier alpha value is -3.20. The van der Waals surface area contributed by atoms with Gasteiger partial charge in [0, 0.05) is 31.0 Å². The van der Waals surface area contributed by atoms with E-state index >= 15 is 0 Å². The molecule has 0 aromatic carbocycles. The van der Waals surface area contributed by atoms with Crippen LogP contribution < -0.4 is 5.32 Å². The van der Waals surface area contributed by atoms with Gasteiger partial charge in [0.15, 0.2) is 0 Å². The van der Waals surface area contributed by atoms with Gasteiger partial charge >= 0.3 is 5.97 Å². The maximum atomic E-state index is 12.9. The molecule has 0 radical (unpaired) electrons. The molecule has 0 atom stereocenters. The van der Waals surface area contributed by atoms with E-state index in [1.807, 2.05) is 31.4 Å². The van der Waals surface area contributed by atoms with Crippen LogP contribution in [-0.2, 0) is 4.74 Å².